The van der Waals surface area contributed by atoms with Crippen LogP contribution in [0.2, 0.25) is 0 Å². The first-order valence-corrected chi connectivity index (χ1v) is 12.0. The zero-order chi connectivity index (χ0) is 28.2. The number of halogens is 4. The second kappa shape index (κ2) is 11.8. The number of hydrogen-bond acceptors (Lipinski definition) is 6. The van der Waals surface area contributed by atoms with E-state index in [0.717, 1.165) is 12.1 Å². The zero-order valence-corrected chi connectivity index (χ0v) is 21.7. The summed E-state index contributed by atoms with van der Waals surface area (Å²) in [6, 6.07) is 4.01. The molecule has 0 saturated carbocycles. The number of alkyl halides is 3. The fraction of sp³-hybridized carbons (Fsp3) is 0.462. The number of methoxy groups -OCH3 is 2. The lowest BCUT2D eigenvalue weighted by molar-refractivity contribution is -0.137. The van der Waals surface area contributed by atoms with Gasteiger partial charge >= 0.3 is 18.4 Å². The molecular weight excluding hydrogens is 512 g/mol. The maximum atomic E-state index is 14.2. The number of carbonyl (C=O) groups is 2. The molecule has 38 heavy (non-hydrogen) atoms. The van der Waals surface area contributed by atoms with Gasteiger partial charge < -0.3 is 18.9 Å². The Hall–Kier alpha value is -3.70. The minimum Gasteiger partial charge on any atom is -0.493 e. The molecule has 2 amide bonds. The molecule has 2 atom stereocenters. The highest BCUT2D eigenvalue weighted by Gasteiger charge is 2.41. The van der Waals surface area contributed by atoms with Crippen LogP contribution in [0.15, 0.2) is 30.3 Å². The molecule has 208 valence electrons. The lowest BCUT2D eigenvalue weighted by Crippen LogP contribution is -2.47. The molecule has 0 spiro atoms. The Balaban J connectivity index is 2.17. The van der Waals surface area contributed by atoms with Gasteiger partial charge in [0.15, 0.2) is 11.5 Å². The van der Waals surface area contributed by atoms with E-state index in [1.165, 1.54) is 24.0 Å². The highest BCUT2D eigenvalue weighted by atomic mass is 19.4. The van der Waals surface area contributed by atoms with Crippen molar-refractivity contribution in [3.8, 4) is 11.5 Å². The topological polar surface area (TPSA) is 77.5 Å². The van der Waals surface area contributed by atoms with Gasteiger partial charge in [0.1, 0.15) is 5.82 Å². The molecule has 2 aromatic rings. The Kier molecular flexibility index (Phi) is 8.95. The Morgan fingerprint density at radius 3 is 2.21 bits per heavy atom. The number of ether oxygens (including phenoxy) is 4. The number of amides is 2. The van der Waals surface area contributed by atoms with Crippen molar-refractivity contribution in [2.24, 2.45) is 0 Å². The van der Waals surface area contributed by atoms with E-state index in [0.29, 0.717) is 28.8 Å². The van der Waals surface area contributed by atoms with Crippen LogP contribution in [0.5, 0.6) is 11.5 Å². The highest BCUT2D eigenvalue weighted by Crippen LogP contribution is 2.46. The van der Waals surface area contributed by atoms with Crippen LogP contribution in [0.1, 0.15) is 49.9 Å². The number of fused-ring (bicyclic) bond motifs is 1. The first kappa shape index (κ1) is 28.9. The zero-order valence-electron chi connectivity index (χ0n) is 21.7. The third-order valence-electron chi connectivity index (χ3n) is 6.14. The molecule has 3 rings (SSSR count). The predicted octanol–water partition coefficient (Wildman–Crippen LogP) is 6.32. The second-order valence-electron chi connectivity index (χ2n) is 8.61. The Morgan fingerprint density at radius 1 is 1.00 bits per heavy atom. The van der Waals surface area contributed by atoms with Gasteiger partial charge in [-0.15, -0.1) is 0 Å². The summed E-state index contributed by atoms with van der Waals surface area (Å²) in [5.41, 5.74) is -0.426. The van der Waals surface area contributed by atoms with Crippen molar-refractivity contribution in [2.45, 2.75) is 52.0 Å². The van der Waals surface area contributed by atoms with Crippen LogP contribution in [-0.2, 0) is 22.2 Å². The molecule has 0 N–H and O–H groups in total. The molecule has 0 aliphatic carbocycles. The standard InChI is InChI=1S/C26H30F4N2O6/c1-6-37-24(33)31(14-16-9-17(26(28,29)30)11-18(27)10-16)20-8-15(3)32(25(34)38-7-2)21-13-23(36-5)22(35-4)12-19(20)21/h9-13,15,20H,6-8,14H2,1-5H3. The average Bonchev–Trinajstić information content (AvgIpc) is 2.85. The summed E-state index contributed by atoms with van der Waals surface area (Å²) in [6.07, 6.45) is -6.02. The first-order valence-electron chi connectivity index (χ1n) is 12.0. The Labute approximate surface area is 218 Å². The molecular formula is C26H30F4N2O6. The molecule has 0 bridgehead atoms. The number of anilines is 1. The van der Waals surface area contributed by atoms with Crippen LogP contribution < -0.4 is 14.4 Å². The number of nitrogens with zero attached hydrogens (tertiary/aromatic N) is 2. The minimum atomic E-state index is -4.78. The summed E-state index contributed by atoms with van der Waals surface area (Å²) in [6.45, 7) is 4.75. The van der Waals surface area contributed by atoms with Crippen LogP contribution in [0, 0.1) is 5.82 Å². The largest absolute Gasteiger partial charge is 0.493 e. The molecule has 0 fully saturated rings. The maximum absolute atomic E-state index is 14.2. The van der Waals surface area contributed by atoms with Gasteiger partial charge in [-0.1, -0.05) is 0 Å². The number of carbonyl (C=O) groups excluding carboxylic acids is 2. The third-order valence-corrected chi connectivity index (χ3v) is 6.14. The van der Waals surface area contributed by atoms with Crippen molar-refractivity contribution in [1.82, 2.24) is 4.90 Å². The summed E-state index contributed by atoms with van der Waals surface area (Å²) in [5.74, 6) is -0.462. The van der Waals surface area contributed by atoms with Gasteiger partial charge in [-0.2, -0.15) is 13.2 Å². The van der Waals surface area contributed by atoms with Gasteiger partial charge in [0, 0.05) is 24.2 Å². The lowest BCUT2D eigenvalue weighted by atomic mass is 9.90. The molecule has 1 heterocycles. The van der Waals surface area contributed by atoms with E-state index in [1.54, 1.807) is 32.9 Å². The Morgan fingerprint density at radius 2 is 1.63 bits per heavy atom. The molecule has 0 radical (unpaired) electrons. The first-order chi connectivity index (χ1) is 17.9. The normalized spacial score (nSPS) is 16.9. The molecule has 1 aliphatic rings. The van der Waals surface area contributed by atoms with E-state index in [2.05, 4.69) is 0 Å². The van der Waals surface area contributed by atoms with Gasteiger partial charge in [0.05, 0.1) is 44.7 Å². The summed E-state index contributed by atoms with van der Waals surface area (Å²) in [4.78, 5) is 28.7. The van der Waals surface area contributed by atoms with Crippen molar-refractivity contribution in [2.75, 3.05) is 32.3 Å². The highest BCUT2D eigenvalue weighted by molar-refractivity contribution is 5.91. The average molecular weight is 543 g/mol. The fourth-order valence-corrected chi connectivity index (χ4v) is 4.53. The van der Waals surface area contributed by atoms with E-state index in [9.17, 15) is 27.2 Å². The number of hydrogen-bond donors (Lipinski definition) is 0. The third kappa shape index (κ3) is 6.05. The predicted molar refractivity (Wildman–Crippen MR) is 130 cm³/mol. The molecule has 1 aliphatic heterocycles. The Bertz CT molecular complexity index is 1170. The van der Waals surface area contributed by atoms with Gasteiger partial charge in [0.2, 0.25) is 0 Å². The van der Waals surface area contributed by atoms with Crippen LogP contribution in [-0.4, -0.2) is 50.6 Å². The van der Waals surface area contributed by atoms with Crippen molar-refractivity contribution >= 4 is 17.9 Å². The minimum absolute atomic E-state index is 0.00228. The quantitative estimate of drug-likeness (QED) is 0.382. The molecule has 0 aromatic heterocycles. The van der Waals surface area contributed by atoms with E-state index in [-0.39, 0.29) is 31.7 Å². The molecule has 12 heteroatoms. The van der Waals surface area contributed by atoms with Gasteiger partial charge in [-0.05, 0) is 57.0 Å². The fourth-order valence-electron chi connectivity index (χ4n) is 4.53. The SMILES string of the molecule is CCOC(=O)N(Cc1cc(F)cc(C(F)(F)F)c1)C1CC(C)N(C(=O)OCC)c2cc(OC)c(OC)cc21. The molecule has 2 unspecified atom stereocenters. The smallest absolute Gasteiger partial charge is 0.416 e. The van der Waals surface area contributed by atoms with Crippen molar-refractivity contribution in [1.29, 1.82) is 0 Å². The second-order valence-corrected chi connectivity index (χ2v) is 8.61. The van der Waals surface area contributed by atoms with Crippen molar-refractivity contribution < 1.29 is 46.1 Å². The van der Waals surface area contributed by atoms with E-state index >= 15 is 0 Å². The number of rotatable bonds is 7. The van der Waals surface area contributed by atoms with E-state index in [4.69, 9.17) is 18.9 Å². The summed E-state index contributed by atoms with van der Waals surface area (Å²) >= 11 is 0. The van der Waals surface area contributed by atoms with Gasteiger partial charge in [0.25, 0.3) is 0 Å². The summed E-state index contributed by atoms with van der Waals surface area (Å²) in [5, 5.41) is 0. The van der Waals surface area contributed by atoms with Crippen LogP contribution in [0.4, 0.5) is 32.8 Å². The molecule has 2 aromatic carbocycles. The summed E-state index contributed by atoms with van der Waals surface area (Å²) < 4.78 is 75.5. The van der Waals surface area contributed by atoms with Gasteiger partial charge in [-0.25, -0.2) is 14.0 Å². The van der Waals surface area contributed by atoms with E-state index < -0.39 is 41.8 Å². The van der Waals surface area contributed by atoms with Crippen LogP contribution in [0.25, 0.3) is 0 Å². The number of benzene rings is 2. The van der Waals surface area contributed by atoms with Gasteiger partial charge in [-0.3, -0.25) is 9.80 Å². The lowest BCUT2D eigenvalue weighted by Gasteiger charge is -2.42. The summed E-state index contributed by atoms with van der Waals surface area (Å²) in [7, 11) is 2.85. The molecule has 8 nitrogen and oxygen atoms in total. The molecule has 0 saturated heterocycles. The van der Waals surface area contributed by atoms with Crippen molar-refractivity contribution in [3.63, 3.8) is 0 Å². The van der Waals surface area contributed by atoms with Crippen molar-refractivity contribution in [3.05, 3.63) is 52.8 Å². The van der Waals surface area contributed by atoms with E-state index in [1.807, 2.05) is 0 Å². The van der Waals surface area contributed by atoms with Crippen LogP contribution in [0.3, 0.4) is 0 Å². The monoisotopic (exact) mass is 542 g/mol. The van der Waals surface area contributed by atoms with Crippen LogP contribution >= 0.6 is 0 Å². The maximum Gasteiger partial charge on any atom is 0.416 e.